The number of carbonyl (C=O) groups excluding carboxylic acids is 1. The van der Waals surface area contributed by atoms with Crippen LogP contribution in [-0.4, -0.2) is 57.7 Å². The van der Waals surface area contributed by atoms with Gasteiger partial charge in [-0.1, -0.05) is 6.07 Å². The fraction of sp³-hybridized carbons (Fsp3) is 0.500. The van der Waals surface area contributed by atoms with Gasteiger partial charge in [-0.2, -0.15) is 0 Å². The molecule has 0 spiro atoms. The molecule has 1 saturated carbocycles. The molecule has 6 heteroatoms. The number of ether oxygens (including phenoxy) is 1. The predicted octanol–water partition coefficient (Wildman–Crippen LogP) is 1.25. The van der Waals surface area contributed by atoms with Crippen LogP contribution < -0.4 is 0 Å². The van der Waals surface area contributed by atoms with Crippen LogP contribution in [0.4, 0.5) is 0 Å². The lowest BCUT2D eigenvalue weighted by atomic mass is 10.1. The van der Waals surface area contributed by atoms with Crippen LogP contribution >= 0.6 is 0 Å². The van der Waals surface area contributed by atoms with Crippen molar-refractivity contribution in [3.8, 4) is 0 Å². The minimum absolute atomic E-state index is 0.179. The maximum absolute atomic E-state index is 12.6. The number of hydrogen-bond donors (Lipinski definition) is 1. The molecule has 0 unspecified atom stereocenters. The van der Waals surface area contributed by atoms with E-state index in [2.05, 4.69) is 4.98 Å². The van der Waals surface area contributed by atoms with E-state index in [1.807, 2.05) is 29.7 Å². The highest BCUT2D eigenvalue weighted by Gasteiger charge is 2.39. The lowest BCUT2D eigenvalue weighted by molar-refractivity contribution is -0.0156. The van der Waals surface area contributed by atoms with Gasteiger partial charge in [-0.05, 0) is 31.4 Å². The van der Waals surface area contributed by atoms with E-state index < -0.39 is 6.10 Å². The highest BCUT2D eigenvalue weighted by molar-refractivity contribution is 5.93. The van der Waals surface area contributed by atoms with E-state index >= 15 is 0 Å². The van der Waals surface area contributed by atoms with Gasteiger partial charge in [0.05, 0.1) is 12.1 Å². The summed E-state index contributed by atoms with van der Waals surface area (Å²) in [5.41, 5.74) is 2.23. The largest absolute Gasteiger partial charge is 0.388 e. The summed E-state index contributed by atoms with van der Waals surface area (Å²) < 4.78 is 7.09. The van der Waals surface area contributed by atoms with Crippen molar-refractivity contribution in [2.45, 2.75) is 38.0 Å². The summed E-state index contributed by atoms with van der Waals surface area (Å²) in [4.78, 5) is 18.6. The molecule has 0 bridgehead atoms. The quantitative estimate of drug-likeness (QED) is 0.927. The number of aliphatic hydroxyl groups is 1. The first kappa shape index (κ1) is 15.0. The van der Waals surface area contributed by atoms with E-state index in [1.165, 1.54) is 0 Å². The predicted molar refractivity (Wildman–Crippen MR) is 81.8 cm³/mol. The van der Waals surface area contributed by atoms with Crippen molar-refractivity contribution in [2.75, 3.05) is 14.2 Å². The van der Waals surface area contributed by atoms with Gasteiger partial charge < -0.3 is 19.1 Å². The van der Waals surface area contributed by atoms with Crippen LogP contribution in [0.2, 0.25) is 0 Å². The van der Waals surface area contributed by atoms with Crippen LogP contribution in [0.5, 0.6) is 0 Å². The molecule has 3 atom stereocenters. The minimum atomic E-state index is -0.654. The monoisotopic (exact) mass is 303 g/mol. The number of aliphatic hydroxyl groups excluding tert-OH is 1. The number of pyridine rings is 1. The number of likely N-dealkylation sites (N-methyl/N-ethyl adjacent to an activating group) is 1. The summed E-state index contributed by atoms with van der Waals surface area (Å²) in [7, 11) is 3.30. The van der Waals surface area contributed by atoms with Gasteiger partial charge in [0.25, 0.3) is 5.91 Å². The summed E-state index contributed by atoms with van der Waals surface area (Å²) in [5.74, 6) is -0.179. The average Bonchev–Trinajstić information content (AvgIpc) is 3.08. The number of amides is 1. The van der Waals surface area contributed by atoms with Crippen molar-refractivity contribution in [2.24, 2.45) is 0 Å². The minimum Gasteiger partial charge on any atom is -0.388 e. The first-order valence-electron chi connectivity index (χ1n) is 7.44. The van der Waals surface area contributed by atoms with Gasteiger partial charge in [-0.15, -0.1) is 0 Å². The van der Waals surface area contributed by atoms with Crippen molar-refractivity contribution in [1.29, 1.82) is 0 Å². The van der Waals surface area contributed by atoms with Gasteiger partial charge in [0, 0.05) is 26.6 Å². The van der Waals surface area contributed by atoms with Crippen molar-refractivity contribution in [1.82, 2.24) is 14.3 Å². The summed E-state index contributed by atoms with van der Waals surface area (Å²) in [6.07, 6.45) is 4.29. The van der Waals surface area contributed by atoms with E-state index in [-0.39, 0.29) is 18.1 Å². The maximum Gasteiger partial charge on any atom is 0.274 e. The molecule has 1 aliphatic carbocycles. The molecule has 0 saturated heterocycles. The van der Waals surface area contributed by atoms with Crippen LogP contribution in [0.1, 0.15) is 28.9 Å². The first-order valence-corrected chi connectivity index (χ1v) is 7.44. The van der Waals surface area contributed by atoms with Gasteiger partial charge in [-0.25, -0.2) is 4.98 Å². The van der Waals surface area contributed by atoms with Crippen LogP contribution in [0.3, 0.4) is 0 Å². The highest BCUT2D eigenvalue weighted by Crippen LogP contribution is 2.27. The van der Waals surface area contributed by atoms with Crippen LogP contribution in [0, 0.1) is 6.92 Å². The SMILES string of the molecule is CO[C@@H]1CC[C@@H](N(C)C(=O)c2cn3cc(C)ccc3n2)[C@H]1O. The normalized spacial score (nSPS) is 24.8. The van der Waals surface area contributed by atoms with E-state index in [0.29, 0.717) is 5.69 Å². The first-order chi connectivity index (χ1) is 10.5. The lowest BCUT2D eigenvalue weighted by Crippen LogP contribution is -2.44. The molecule has 3 rings (SSSR count). The Morgan fingerprint density at radius 3 is 2.86 bits per heavy atom. The van der Waals surface area contributed by atoms with E-state index in [1.54, 1.807) is 25.3 Å². The van der Waals surface area contributed by atoms with Gasteiger partial charge >= 0.3 is 0 Å². The van der Waals surface area contributed by atoms with Crippen molar-refractivity contribution < 1.29 is 14.6 Å². The molecule has 0 radical (unpaired) electrons. The van der Waals surface area contributed by atoms with Gasteiger partial charge in [0.15, 0.2) is 0 Å². The van der Waals surface area contributed by atoms with Gasteiger partial charge in [0.2, 0.25) is 0 Å². The Morgan fingerprint density at radius 2 is 2.18 bits per heavy atom. The van der Waals surface area contributed by atoms with Crippen molar-refractivity contribution >= 4 is 11.6 Å². The fourth-order valence-corrected chi connectivity index (χ4v) is 3.14. The zero-order valence-corrected chi connectivity index (χ0v) is 13.1. The lowest BCUT2D eigenvalue weighted by Gasteiger charge is -2.27. The number of carbonyl (C=O) groups is 1. The number of nitrogens with zero attached hydrogens (tertiary/aromatic N) is 3. The standard InChI is InChI=1S/C16H21N3O3/c1-10-4-7-14-17-11(9-19(14)8-10)16(21)18(2)12-5-6-13(22-3)15(12)20/h4,7-9,12-13,15,20H,5-6H2,1-3H3/t12-,13-,15-/m1/s1. The Balaban J connectivity index is 1.83. The van der Waals surface area contributed by atoms with Gasteiger partial charge in [-0.3, -0.25) is 4.79 Å². The van der Waals surface area contributed by atoms with Crippen molar-refractivity contribution in [3.63, 3.8) is 0 Å². The molecule has 1 fully saturated rings. The second kappa shape index (κ2) is 5.70. The molecular weight excluding hydrogens is 282 g/mol. The van der Waals surface area contributed by atoms with E-state index in [9.17, 15) is 9.90 Å². The zero-order chi connectivity index (χ0) is 15.9. The smallest absolute Gasteiger partial charge is 0.274 e. The topological polar surface area (TPSA) is 67.1 Å². The van der Waals surface area contributed by atoms with Crippen LogP contribution in [-0.2, 0) is 4.74 Å². The van der Waals surface area contributed by atoms with Crippen molar-refractivity contribution in [3.05, 3.63) is 35.8 Å². The summed E-state index contributed by atoms with van der Waals surface area (Å²) >= 11 is 0. The second-order valence-electron chi connectivity index (χ2n) is 5.92. The van der Waals surface area contributed by atoms with E-state index in [4.69, 9.17) is 4.74 Å². The summed E-state index contributed by atoms with van der Waals surface area (Å²) in [6.45, 7) is 1.99. The molecular formula is C16H21N3O3. The number of aromatic nitrogens is 2. The second-order valence-corrected chi connectivity index (χ2v) is 5.92. The molecule has 1 N–H and O–H groups in total. The zero-order valence-electron chi connectivity index (χ0n) is 13.1. The molecule has 6 nitrogen and oxygen atoms in total. The third-order valence-electron chi connectivity index (χ3n) is 4.46. The molecule has 2 aromatic rings. The van der Waals surface area contributed by atoms with E-state index in [0.717, 1.165) is 24.1 Å². The Labute approximate surface area is 129 Å². The average molecular weight is 303 g/mol. The summed E-state index contributed by atoms with van der Waals surface area (Å²) in [5, 5.41) is 10.2. The van der Waals surface area contributed by atoms with Gasteiger partial charge in [0.1, 0.15) is 17.4 Å². The number of rotatable bonds is 3. The fourth-order valence-electron chi connectivity index (χ4n) is 3.14. The Bertz CT molecular complexity index is 697. The number of aryl methyl sites for hydroxylation is 1. The number of fused-ring (bicyclic) bond motifs is 1. The molecule has 2 aromatic heterocycles. The maximum atomic E-state index is 12.6. The molecule has 1 aliphatic rings. The Hall–Kier alpha value is -1.92. The molecule has 22 heavy (non-hydrogen) atoms. The highest BCUT2D eigenvalue weighted by atomic mass is 16.5. The molecule has 0 aliphatic heterocycles. The number of imidazole rings is 1. The molecule has 2 heterocycles. The molecule has 1 amide bonds. The third-order valence-corrected chi connectivity index (χ3v) is 4.46. The molecule has 118 valence electrons. The number of methoxy groups -OCH3 is 1. The van der Waals surface area contributed by atoms with Crippen LogP contribution in [0.15, 0.2) is 24.5 Å². The third kappa shape index (κ3) is 2.48. The Morgan fingerprint density at radius 1 is 1.41 bits per heavy atom. The number of hydrogen-bond acceptors (Lipinski definition) is 4. The summed E-state index contributed by atoms with van der Waals surface area (Å²) in [6, 6.07) is 3.62. The Kier molecular flexibility index (Phi) is 3.88. The van der Waals surface area contributed by atoms with Crippen LogP contribution in [0.25, 0.3) is 5.65 Å². The molecule has 0 aromatic carbocycles.